The Bertz CT molecular complexity index is 1080. The number of aromatic nitrogens is 1. The number of para-hydroxylation sites is 1. The van der Waals surface area contributed by atoms with Gasteiger partial charge in [-0.3, -0.25) is 9.78 Å². The Balaban J connectivity index is 1.33. The summed E-state index contributed by atoms with van der Waals surface area (Å²) in [5.41, 5.74) is 2.71. The fourth-order valence-corrected chi connectivity index (χ4v) is 3.60. The van der Waals surface area contributed by atoms with Crippen LogP contribution in [0.5, 0.6) is 0 Å². The average Bonchev–Trinajstić information content (AvgIpc) is 2.85. The lowest BCUT2D eigenvalue weighted by atomic mass is 10.1. The molecular formula is C24H24FN5O2. The molecule has 0 saturated carbocycles. The van der Waals surface area contributed by atoms with Crippen molar-refractivity contribution in [2.45, 2.75) is 0 Å². The fourth-order valence-electron chi connectivity index (χ4n) is 3.60. The molecule has 3 aromatic rings. The third kappa shape index (κ3) is 4.69. The molecule has 0 aliphatic carbocycles. The maximum absolute atomic E-state index is 13.8. The van der Waals surface area contributed by atoms with Gasteiger partial charge in [-0.1, -0.05) is 12.1 Å². The zero-order valence-electron chi connectivity index (χ0n) is 17.7. The molecule has 0 radical (unpaired) electrons. The number of urea groups is 1. The van der Waals surface area contributed by atoms with Crippen molar-refractivity contribution in [3.8, 4) is 0 Å². The van der Waals surface area contributed by atoms with Crippen molar-refractivity contribution in [2.75, 3.05) is 43.4 Å². The van der Waals surface area contributed by atoms with Gasteiger partial charge in [0.1, 0.15) is 5.82 Å². The van der Waals surface area contributed by atoms with Gasteiger partial charge in [-0.25, -0.2) is 9.18 Å². The molecule has 1 aromatic heterocycles. The lowest BCUT2D eigenvalue weighted by molar-refractivity contribution is 0.0671. The maximum Gasteiger partial charge on any atom is 0.322 e. The second kappa shape index (κ2) is 9.47. The first kappa shape index (κ1) is 21.3. The Labute approximate surface area is 186 Å². The molecule has 2 aromatic carbocycles. The summed E-state index contributed by atoms with van der Waals surface area (Å²) in [6.07, 6.45) is 3.47. The van der Waals surface area contributed by atoms with E-state index in [4.69, 9.17) is 0 Å². The number of nitrogens with one attached hydrogen (secondary N) is 1. The minimum atomic E-state index is -0.479. The summed E-state index contributed by atoms with van der Waals surface area (Å²) in [6, 6.07) is 17.0. The van der Waals surface area contributed by atoms with Crippen molar-refractivity contribution in [1.29, 1.82) is 0 Å². The largest absolute Gasteiger partial charge is 0.345 e. The van der Waals surface area contributed by atoms with Crippen LogP contribution in [0, 0.1) is 5.82 Å². The zero-order chi connectivity index (χ0) is 22.5. The summed E-state index contributed by atoms with van der Waals surface area (Å²) in [7, 11) is 1.96. The molecule has 0 atom stereocenters. The van der Waals surface area contributed by atoms with Crippen LogP contribution in [0.25, 0.3) is 0 Å². The molecule has 0 bridgehead atoms. The summed E-state index contributed by atoms with van der Waals surface area (Å²) < 4.78 is 13.8. The molecule has 32 heavy (non-hydrogen) atoms. The molecule has 4 rings (SSSR count). The van der Waals surface area contributed by atoms with E-state index >= 15 is 0 Å². The quantitative estimate of drug-likeness (QED) is 0.676. The van der Waals surface area contributed by atoms with Crippen molar-refractivity contribution in [1.82, 2.24) is 14.8 Å². The normalized spacial score (nSPS) is 13.6. The molecular weight excluding hydrogens is 409 g/mol. The fraction of sp³-hybridized carbons (Fsp3) is 0.208. The second-order valence-electron chi connectivity index (χ2n) is 7.50. The molecule has 8 heteroatoms. The van der Waals surface area contributed by atoms with Gasteiger partial charge in [-0.05, 0) is 48.5 Å². The number of halogens is 1. The van der Waals surface area contributed by atoms with Crippen LogP contribution < -0.4 is 10.2 Å². The number of piperazine rings is 1. The van der Waals surface area contributed by atoms with Gasteiger partial charge in [0.2, 0.25) is 0 Å². The molecule has 164 valence electrons. The van der Waals surface area contributed by atoms with Gasteiger partial charge in [0.25, 0.3) is 5.91 Å². The number of hydrogen-bond acceptors (Lipinski definition) is 4. The maximum atomic E-state index is 13.8. The molecule has 2 heterocycles. The van der Waals surface area contributed by atoms with Crippen LogP contribution in [0.4, 0.5) is 26.2 Å². The SMILES string of the molecule is CN(c1ccncc1)c1ccc(C(=O)N2CCN(C(=O)Nc3ccccc3F)CC2)cc1. The third-order valence-corrected chi connectivity index (χ3v) is 5.52. The summed E-state index contributed by atoms with van der Waals surface area (Å²) in [6.45, 7) is 1.61. The van der Waals surface area contributed by atoms with Crippen LogP contribution in [-0.2, 0) is 0 Å². The molecule has 1 fully saturated rings. The lowest BCUT2D eigenvalue weighted by Crippen LogP contribution is -2.51. The number of nitrogens with zero attached hydrogens (tertiary/aromatic N) is 4. The van der Waals surface area contributed by atoms with Crippen LogP contribution in [0.2, 0.25) is 0 Å². The van der Waals surface area contributed by atoms with Gasteiger partial charge in [0.15, 0.2) is 0 Å². The molecule has 7 nitrogen and oxygen atoms in total. The highest BCUT2D eigenvalue weighted by atomic mass is 19.1. The van der Waals surface area contributed by atoms with E-state index in [-0.39, 0.29) is 17.6 Å². The summed E-state index contributed by atoms with van der Waals surface area (Å²) in [4.78, 5) is 34.7. The van der Waals surface area contributed by atoms with Gasteiger partial charge in [-0.15, -0.1) is 0 Å². The van der Waals surface area contributed by atoms with E-state index in [2.05, 4.69) is 10.3 Å². The predicted octanol–water partition coefficient (Wildman–Crippen LogP) is 3.98. The van der Waals surface area contributed by atoms with Gasteiger partial charge in [0, 0.05) is 62.6 Å². The Hall–Kier alpha value is -3.94. The van der Waals surface area contributed by atoms with E-state index in [9.17, 15) is 14.0 Å². The minimum Gasteiger partial charge on any atom is -0.345 e. The van der Waals surface area contributed by atoms with Gasteiger partial charge in [0.05, 0.1) is 5.69 Å². The standard InChI is InChI=1S/C24H24FN5O2/c1-28(20-10-12-26-13-11-20)19-8-6-18(7-9-19)23(31)29-14-16-30(17-15-29)24(32)27-22-5-3-2-4-21(22)25/h2-13H,14-17H2,1H3,(H,27,32). The molecule has 3 amide bonds. The first-order valence-corrected chi connectivity index (χ1v) is 10.4. The van der Waals surface area contributed by atoms with Crippen molar-refractivity contribution in [2.24, 2.45) is 0 Å². The first-order valence-electron chi connectivity index (χ1n) is 10.4. The van der Waals surface area contributed by atoms with E-state index in [0.717, 1.165) is 11.4 Å². The van der Waals surface area contributed by atoms with E-state index in [1.807, 2.05) is 48.3 Å². The number of pyridine rings is 1. The number of carbonyl (C=O) groups is 2. The predicted molar refractivity (Wildman–Crippen MR) is 122 cm³/mol. The molecule has 1 saturated heterocycles. The van der Waals surface area contributed by atoms with Crippen molar-refractivity contribution >= 4 is 29.0 Å². The monoisotopic (exact) mass is 433 g/mol. The highest BCUT2D eigenvalue weighted by molar-refractivity contribution is 5.95. The second-order valence-corrected chi connectivity index (χ2v) is 7.50. The van der Waals surface area contributed by atoms with Crippen LogP contribution in [0.1, 0.15) is 10.4 Å². The Morgan fingerprint density at radius 3 is 2.12 bits per heavy atom. The molecule has 0 spiro atoms. The van der Waals surface area contributed by atoms with Crippen molar-refractivity contribution in [3.63, 3.8) is 0 Å². The van der Waals surface area contributed by atoms with E-state index in [0.29, 0.717) is 31.7 Å². The Morgan fingerprint density at radius 1 is 0.875 bits per heavy atom. The number of anilines is 3. The Kier molecular flexibility index (Phi) is 6.30. The third-order valence-electron chi connectivity index (χ3n) is 5.52. The van der Waals surface area contributed by atoms with Crippen LogP contribution in [0.15, 0.2) is 73.1 Å². The van der Waals surface area contributed by atoms with E-state index in [1.54, 1.807) is 34.3 Å². The number of hydrogen-bond donors (Lipinski definition) is 1. The van der Waals surface area contributed by atoms with Crippen LogP contribution in [-0.4, -0.2) is 59.9 Å². The van der Waals surface area contributed by atoms with E-state index < -0.39 is 5.82 Å². The number of rotatable bonds is 4. The van der Waals surface area contributed by atoms with E-state index in [1.165, 1.54) is 12.1 Å². The van der Waals surface area contributed by atoms with Gasteiger partial charge < -0.3 is 20.0 Å². The summed E-state index contributed by atoms with van der Waals surface area (Å²) in [5.74, 6) is -0.551. The zero-order valence-corrected chi connectivity index (χ0v) is 17.7. The number of amides is 3. The summed E-state index contributed by atoms with van der Waals surface area (Å²) >= 11 is 0. The number of benzene rings is 2. The van der Waals surface area contributed by atoms with Crippen LogP contribution in [0.3, 0.4) is 0 Å². The van der Waals surface area contributed by atoms with Crippen molar-refractivity contribution in [3.05, 3.63) is 84.4 Å². The minimum absolute atomic E-state index is 0.0720. The summed E-state index contributed by atoms with van der Waals surface area (Å²) in [5, 5.41) is 2.59. The first-order chi connectivity index (χ1) is 15.5. The Morgan fingerprint density at radius 2 is 1.47 bits per heavy atom. The average molecular weight is 433 g/mol. The topological polar surface area (TPSA) is 68.8 Å². The van der Waals surface area contributed by atoms with Gasteiger partial charge >= 0.3 is 6.03 Å². The molecule has 1 aliphatic heterocycles. The number of carbonyl (C=O) groups excluding carboxylic acids is 2. The van der Waals surface area contributed by atoms with Crippen molar-refractivity contribution < 1.29 is 14.0 Å². The highest BCUT2D eigenvalue weighted by Gasteiger charge is 2.25. The van der Waals surface area contributed by atoms with Gasteiger partial charge in [-0.2, -0.15) is 0 Å². The van der Waals surface area contributed by atoms with Crippen LogP contribution >= 0.6 is 0 Å². The lowest BCUT2D eigenvalue weighted by Gasteiger charge is -2.34. The molecule has 0 unspecified atom stereocenters. The highest BCUT2D eigenvalue weighted by Crippen LogP contribution is 2.23. The molecule has 1 aliphatic rings. The molecule has 1 N–H and O–H groups in total. The smallest absolute Gasteiger partial charge is 0.322 e.